The molecule has 0 spiro atoms. The van der Waals surface area contributed by atoms with Crippen molar-refractivity contribution in [3.05, 3.63) is 58.2 Å². The first-order chi connectivity index (χ1) is 10.0. The highest BCUT2D eigenvalue weighted by Crippen LogP contribution is 2.46. The number of fused-ring (bicyclic) bond motifs is 1. The van der Waals surface area contributed by atoms with Crippen LogP contribution in [-0.2, 0) is 0 Å². The maximum Gasteiger partial charge on any atom is 0.166 e. The Labute approximate surface area is 122 Å². The zero-order chi connectivity index (χ0) is 15.0. The Morgan fingerprint density at radius 2 is 2.10 bits per heavy atom. The van der Waals surface area contributed by atoms with Crippen LogP contribution in [0, 0.1) is 5.41 Å². The van der Waals surface area contributed by atoms with Gasteiger partial charge in [0.25, 0.3) is 0 Å². The summed E-state index contributed by atoms with van der Waals surface area (Å²) in [6.07, 6.45) is 1.92. The highest BCUT2D eigenvalue weighted by molar-refractivity contribution is 5.99. The second kappa shape index (κ2) is 4.75. The van der Waals surface area contributed by atoms with Crippen LogP contribution in [-0.4, -0.2) is 15.6 Å². The standard InChI is InChI=1S/C15H15N5O/c1-15(2)8-12(21)11-9-17-20(10-6-4-3-5-7-10)13(11)14(15)18-19-16/h3-7,9,14H,8H2,1-2H3/t14-/m0/s1. The fourth-order valence-electron chi connectivity index (χ4n) is 2.85. The van der Waals surface area contributed by atoms with E-state index in [1.807, 2.05) is 44.2 Å². The second-order valence-electron chi connectivity index (χ2n) is 5.89. The number of Topliss-reactive ketones (excluding diaryl/α,β-unsaturated/α-hetero) is 1. The lowest BCUT2D eigenvalue weighted by Crippen LogP contribution is -2.31. The summed E-state index contributed by atoms with van der Waals surface area (Å²) in [6, 6.07) is 9.13. The van der Waals surface area contributed by atoms with Crippen molar-refractivity contribution in [3.63, 3.8) is 0 Å². The van der Waals surface area contributed by atoms with E-state index in [4.69, 9.17) is 5.53 Å². The molecule has 6 nitrogen and oxygen atoms in total. The average molecular weight is 281 g/mol. The second-order valence-corrected chi connectivity index (χ2v) is 5.89. The van der Waals surface area contributed by atoms with E-state index in [9.17, 15) is 4.79 Å². The van der Waals surface area contributed by atoms with Gasteiger partial charge in [0.05, 0.1) is 29.2 Å². The van der Waals surface area contributed by atoms with Crippen molar-refractivity contribution in [2.75, 3.05) is 0 Å². The number of benzene rings is 1. The molecule has 0 saturated carbocycles. The summed E-state index contributed by atoms with van der Waals surface area (Å²) in [7, 11) is 0. The van der Waals surface area contributed by atoms with Crippen LogP contribution in [0.1, 0.15) is 42.4 Å². The Morgan fingerprint density at radius 3 is 2.76 bits per heavy atom. The first kappa shape index (κ1) is 13.4. The van der Waals surface area contributed by atoms with E-state index in [0.717, 1.165) is 5.69 Å². The first-order valence-electron chi connectivity index (χ1n) is 6.75. The number of aromatic nitrogens is 2. The van der Waals surface area contributed by atoms with Gasteiger partial charge in [0, 0.05) is 11.3 Å². The van der Waals surface area contributed by atoms with Crippen LogP contribution < -0.4 is 0 Å². The molecule has 106 valence electrons. The molecule has 0 bridgehead atoms. The minimum atomic E-state index is -0.428. The lowest BCUT2D eigenvalue weighted by atomic mass is 9.72. The molecule has 2 aromatic rings. The molecule has 1 aliphatic rings. The van der Waals surface area contributed by atoms with E-state index >= 15 is 0 Å². The summed E-state index contributed by atoms with van der Waals surface area (Å²) in [5.41, 5.74) is 10.5. The summed E-state index contributed by atoms with van der Waals surface area (Å²) in [5.74, 6) is 0.0431. The molecule has 0 aliphatic heterocycles. The van der Waals surface area contributed by atoms with E-state index in [1.165, 1.54) is 0 Å². The van der Waals surface area contributed by atoms with Crippen LogP contribution >= 0.6 is 0 Å². The Bertz CT molecular complexity index is 741. The number of nitrogens with zero attached hydrogens (tertiary/aromatic N) is 5. The Hall–Kier alpha value is -2.59. The fraction of sp³-hybridized carbons (Fsp3) is 0.333. The number of rotatable bonds is 2. The molecule has 0 fully saturated rings. The molecule has 6 heteroatoms. The molecule has 3 rings (SSSR count). The third-order valence-electron chi connectivity index (χ3n) is 3.89. The normalized spacial score (nSPS) is 19.7. The van der Waals surface area contributed by atoms with Crippen molar-refractivity contribution >= 4 is 5.78 Å². The van der Waals surface area contributed by atoms with Crippen LogP contribution in [0.5, 0.6) is 0 Å². The third kappa shape index (κ3) is 2.10. The van der Waals surface area contributed by atoms with Crippen LogP contribution in [0.15, 0.2) is 41.6 Å². The zero-order valence-electron chi connectivity index (χ0n) is 11.9. The van der Waals surface area contributed by atoms with Crippen LogP contribution in [0.3, 0.4) is 0 Å². The van der Waals surface area contributed by atoms with Gasteiger partial charge in [0.2, 0.25) is 0 Å². The molecule has 1 aliphatic carbocycles. The molecular formula is C15H15N5O. The number of azide groups is 1. The largest absolute Gasteiger partial charge is 0.294 e. The third-order valence-corrected chi connectivity index (χ3v) is 3.89. The van der Waals surface area contributed by atoms with Crippen molar-refractivity contribution < 1.29 is 4.79 Å². The Morgan fingerprint density at radius 1 is 1.38 bits per heavy atom. The SMILES string of the molecule is CC1(C)CC(=O)c2cnn(-c3ccccc3)c2[C@@H]1N=[N+]=[N-]. The highest BCUT2D eigenvalue weighted by Gasteiger charge is 2.42. The number of carbonyl (C=O) groups is 1. The molecule has 0 amide bonds. The van der Waals surface area contributed by atoms with Crippen LogP contribution in [0.4, 0.5) is 0 Å². The summed E-state index contributed by atoms with van der Waals surface area (Å²) in [5, 5.41) is 8.27. The molecule has 0 N–H and O–H groups in total. The predicted octanol–water partition coefficient (Wildman–Crippen LogP) is 3.84. The van der Waals surface area contributed by atoms with Gasteiger partial charge in [-0.2, -0.15) is 5.10 Å². The van der Waals surface area contributed by atoms with Gasteiger partial charge in [-0.15, -0.1) is 0 Å². The van der Waals surface area contributed by atoms with E-state index in [-0.39, 0.29) is 5.78 Å². The quantitative estimate of drug-likeness (QED) is 0.476. The predicted molar refractivity (Wildman–Crippen MR) is 78.2 cm³/mol. The topological polar surface area (TPSA) is 83.7 Å². The van der Waals surface area contributed by atoms with E-state index < -0.39 is 11.5 Å². The zero-order valence-corrected chi connectivity index (χ0v) is 11.9. The van der Waals surface area contributed by atoms with Crippen molar-refractivity contribution in [3.8, 4) is 5.69 Å². The smallest absolute Gasteiger partial charge is 0.166 e. The van der Waals surface area contributed by atoms with Crippen LogP contribution in [0.2, 0.25) is 0 Å². The van der Waals surface area contributed by atoms with Gasteiger partial charge in [-0.05, 0) is 23.1 Å². The number of hydrogen-bond acceptors (Lipinski definition) is 3. The molecule has 0 radical (unpaired) electrons. The molecule has 1 atom stereocenters. The average Bonchev–Trinajstić information content (AvgIpc) is 2.89. The molecular weight excluding hydrogens is 266 g/mol. The Balaban J connectivity index is 2.25. The van der Waals surface area contributed by atoms with Gasteiger partial charge in [0.15, 0.2) is 5.78 Å². The highest BCUT2D eigenvalue weighted by atomic mass is 16.1. The number of hydrogen-bond donors (Lipinski definition) is 0. The number of ketones is 1. The van der Waals surface area contributed by atoms with Crippen molar-refractivity contribution in [1.82, 2.24) is 9.78 Å². The lowest BCUT2D eigenvalue weighted by Gasteiger charge is -2.35. The number of carbonyl (C=O) groups excluding carboxylic acids is 1. The molecule has 1 aromatic carbocycles. The molecule has 0 saturated heterocycles. The van der Waals surface area contributed by atoms with Gasteiger partial charge in [-0.1, -0.05) is 37.2 Å². The van der Waals surface area contributed by atoms with Gasteiger partial charge in [-0.25, -0.2) is 4.68 Å². The minimum absolute atomic E-state index is 0.0431. The van der Waals surface area contributed by atoms with Gasteiger partial charge >= 0.3 is 0 Å². The van der Waals surface area contributed by atoms with Crippen LogP contribution in [0.25, 0.3) is 16.1 Å². The lowest BCUT2D eigenvalue weighted by molar-refractivity contribution is 0.0882. The number of para-hydroxylation sites is 1. The van der Waals surface area contributed by atoms with Crippen molar-refractivity contribution in [2.45, 2.75) is 26.3 Å². The molecule has 21 heavy (non-hydrogen) atoms. The summed E-state index contributed by atoms with van der Waals surface area (Å²) >= 11 is 0. The fourth-order valence-corrected chi connectivity index (χ4v) is 2.85. The maximum absolute atomic E-state index is 12.3. The monoisotopic (exact) mass is 281 g/mol. The molecule has 1 aromatic heterocycles. The van der Waals surface area contributed by atoms with E-state index in [2.05, 4.69) is 15.1 Å². The first-order valence-corrected chi connectivity index (χ1v) is 6.75. The minimum Gasteiger partial charge on any atom is -0.294 e. The molecule has 0 unspecified atom stereocenters. The van der Waals surface area contributed by atoms with Crippen molar-refractivity contribution in [2.24, 2.45) is 10.5 Å². The molecule has 1 heterocycles. The van der Waals surface area contributed by atoms with Gasteiger partial charge < -0.3 is 0 Å². The summed E-state index contributed by atoms with van der Waals surface area (Å²) in [4.78, 5) is 15.3. The maximum atomic E-state index is 12.3. The van der Waals surface area contributed by atoms with E-state index in [1.54, 1.807) is 10.9 Å². The van der Waals surface area contributed by atoms with Gasteiger partial charge in [0.1, 0.15) is 0 Å². The van der Waals surface area contributed by atoms with E-state index in [0.29, 0.717) is 17.7 Å². The van der Waals surface area contributed by atoms with Gasteiger partial charge in [-0.3, -0.25) is 4.79 Å². The summed E-state index contributed by atoms with van der Waals surface area (Å²) < 4.78 is 1.70. The Kier molecular flexibility index (Phi) is 3.03. The summed E-state index contributed by atoms with van der Waals surface area (Å²) in [6.45, 7) is 3.88. The van der Waals surface area contributed by atoms with Crippen molar-refractivity contribution in [1.29, 1.82) is 0 Å².